The first-order chi connectivity index (χ1) is 15.8. The molecule has 4 aromatic carbocycles. The Balaban J connectivity index is 1.71. The molecule has 3 nitrogen and oxygen atoms in total. The van der Waals surface area contributed by atoms with Crippen LogP contribution in [0.3, 0.4) is 0 Å². The number of amides is 1. The zero-order valence-electron chi connectivity index (χ0n) is 18.2. The summed E-state index contributed by atoms with van der Waals surface area (Å²) in [5, 5.41) is 0. The van der Waals surface area contributed by atoms with E-state index in [-0.39, 0.29) is 12.1 Å². The summed E-state index contributed by atoms with van der Waals surface area (Å²) in [5.41, 5.74) is 6.20. The summed E-state index contributed by atoms with van der Waals surface area (Å²) in [6.07, 6.45) is 0.744. The highest BCUT2D eigenvalue weighted by Gasteiger charge is 2.39. The van der Waals surface area contributed by atoms with Gasteiger partial charge in [0.15, 0.2) is 0 Å². The van der Waals surface area contributed by atoms with E-state index < -0.39 is 0 Å². The summed E-state index contributed by atoms with van der Waals surface area (Å²) in [7, 11) is 0. The summed E-state index contributed by atoms with van der Waals surface area (Å²) >= 11 is 0. The molecule has 0 bridgehead atoms. The molecule has 0 aromatic heterocycles. The molecule has 1 heterocycles. The lowest BCUT2D eigenvalue weighted by Gasteiger charge is -2.46. The third kappa shape index (κ3) is 3.67. The van der Waals surface area contributed by atoms with Gasteiger partial charge >= 0.3 is 0 Å². The van der Waals surface area contributed by atoms with Crippen LogP contribution in [0.15, 0.2) is 109 Å². The topological polar surface area (TPSA) is 23.6 Å². The van der Waals surface area contributed by atoms with Crippen molar-refractivity contribution in [3.63, 3.8) is 0 Å². The van der Waals surface area contributed by atoms with Crippen molar-refractivity contribution >= 4 is 17.3 Å². The molecule has 1 amide bonds. The summed E-state index contributed by atoms with van der Waals surface area (Å²) in [4.78, 5) is 18.1. The number of carbonyl (C=O) groups is 1. The van der Waals surface area contributed by atoms with Crippen LogP contribution < -0.4 is 9.80 Å². The van der Waals surface area contributed by atoms with Crippen LogP contribution in [0.25, 0.3) is 0 Å². The van der Waals surface area contributed by atoms with Crippen LogP contribution in [-0.2, 0) is 13.0 Å². The van der Waals surface area contributed by atoms with Gasteiger partial charge in [0.25, 0.3) is 5.91 Å². The molecule has 0 N–H and O–H groups in total. The molecule has 0 saturated carbocycles. The van der Waals surface area contributed by atoms with Crippen LogP contribution in [0.2, 0.25) is 0 Å². The van der Waals surface area contributed by atoms with Gasteiger partial charge in [0.2, 0.25) is 0 Å². The van der Waals surface area contributed by atoms with E-state index in [1.165, 1.54) is 11.1 Å². The van der Waals surface area contributed by atoms with Gasteiger partial charge in [-0.05, 0) is 47.4 Å². The van der Waals surface area contributed by atoms with E-state index >= 15 is 0 Å². The Bertz CT molecular complexity index is 1200. The van der Waals surface area contributed by atoms with Gasteiger partial charge in [0, 0.05) is 12.2 Å². The lowest BCUT2D eigenvalue weighted by atomic mass is 9.98. The molecule has 0 aliphatic carbocycles. The minimum Gasteiger partial charge on any atom is -0.342 e. The van der Waals surface area contributed by atoms with Crippen LogP contribution in [-0.4, -0.2) is 5.91 Å². The van der Waals surface area contributed by atoms with Gasteiger partial charge in [-0.15, -0.1) is 0 Å². The zero-order chi connectivity index (χ0) is 21.9. The average Bonchev–Trinajstić information content (AvgIpc) is 2.87. The Morgan fingerprint density at radius 1 is 0.688 bits per heavy atom. The number of fused-ring (bicyclic) bond motifs is 1. The standard InChI is InChI=1S/C29H26N2O/c1-2-22-17-19-24(20-18-22)28-30(21-23-11-5-3-6-12-23)27-16-10-9-15-26(27)29(32)31(28)25-13-7-4-8-14-25/h3-20,28H,2,21H2,1H3/t28-/m0/s1. The van der Waals surface area contributed by atoms with E-state index in [0.29, 0.717) is 6.54 Å². The molecule has 4 aromatic rings. The predicted octanol–water partition coefficient (Wildman–Crippen LogP) is 6.61. The highest BCUT2D eigenvalue weighted by Crippen LogP contribution is 2.42. The molecule has 1 aliphatic rings. The van der Waals surface area contributed by atoms with Crippen molar-refractivity contribution in [1.82, 2.24) is 0 Å². The van der Waals surface area contributed by atoms with Crippen molar-refractivity contribution in [1.29, 1.82) is 0 Å². The maximum absolute atomic E-state index is 13.8. The minimum atomic E-state index is -0.245. The van der Waals surface area contributed by atoms with Crippen LogP contribution in [0.5, 0.6) is 0 Å². The number of hydrogen-bond donors (Lipinski definition) is 0. The number of anilines is 2. The first-order valence-electron chi connectivity index (χ1n) is 11.1. The van der Waals surface area contributed by atoms with Gasteiger partial charge in [-0.3, -0.25) is 9.69 Å². The fourth-order valence-corrected chi connectivity index (χ4v) is 4.47. The van der Waals surface area contributed by atoms with Gasteiger partial charge in [0.05, 0.1) is 11.3 Å². The van der Waals surface area contributed by atoms with E-state index in [0.717, 1.165) is 28.9 Å². The van der Waals surface area contributed by atoms with Crippen molar-refractivity contribution in [2.45, 2.75) is 26.1 Å². The Kier molecular flexibility index (Phi) is 5.47. The molecule has 1 aliphatic heterocycles. The molecule has 1 atom stereocenters. The van der Waals surface area contributed by atoms with E-state index in [4.69, 9.17) is 0 Å². The second kappa shape index (κ2) is 8.72. The molecule has 158 valence electrons. The van der Waals surface area contributed by atoms with Gasteiger partial charge in [-0.25, -0.2) is 0 Å². The van der Waals surface area contributed by atoms with Crippen molar-refractivity contribution < 1.29 is 4.79 Å². The normalized spacial score (nSPS) is 15.5. The number of aryl methyl sites for hydroxylation is 1. The van der Waals surface area contributed by atoms with Crippen LogP contribution in [0, 0.1) is 0 Å². The summed E-state index contributed by atoms with van der Waals surface area (Å²) in [6, 6.07) is 37.1. The number of carbonyl (C=O) groups excluding carboxylic acids is 1. The molecule has 5 rings (SSSR count). The van der Waals surface area contributed by atoms with E-state index in [1.54, 1.807) is 0 Å². The molecular weight excluding hydrogens is 392 g/mol. The maximum Gasteiger partial charge on any atom is 0.262 e. The third-order valence-electron chi connectivity index (χ3n) is 6.12. The zero-order valence-corrected chi connectivity index (χ0v) is 18.2. The van der Waals surface area contributed by atoms with E-state index in [2.05, 4.69) is 66.4 Å². The number of hydrogen-bond acceptors (Lipinski definition) is 2. The third-order valence-corrected chi connectivity index (χ3v) is 6.12. The van der Waals surface area contributed by atoms with Crippen molar-refractivity contribution in [2.75, 3.05) is 9.80 Å². The number of nitrogens with zero attached hydrogens (tertiary/aromatic N) is 2. The van der Waals surface area contributed by atoms with Crippen molar-refractivity contribution in [3.8, 4) is 0 Å². The lowest BCUT2D eigenvalue weighted by Crippen LogP contribution is -2.49. The Morgan fingerprint density at radius 2 is 1.31 bits per heavy atom. The fraction of sp³-hybridized carbons (Fsp3) is 0.138. The van der Waals surface area contributed by atoms with Crippen molar-refractivity contribution in [2.24, 2.45) is 0 Å². The fourth-order valence-electron chi connectivity index (χ4n) is 4.47. The Hall–Kier alpha value is -3.85. The van der Waals surface area contributed by atoms with Crippen LogP contribution >= 0.6 is 0 Å². The smallest absolute Gasteiger partial charge is 0.262 e. The quantitative estimate of drug-likeness (QED) is 0.364. The predicted molar refractivity (Wildman–Crippen MR) is 131 cm³/mol. The average molecular weight is 419 g/mol. The Morgan fingerprint density at radius 3 is 2.00 bits per heavy atom. The summed E-state index contributed by atoms with van der Waals surface area (Å²) in [5.74, 6) is 0.0284. The number of para-hydroxylation sites is 2. The second-order valence-corrected chi connectivity index (χ2v) is 8.11. The Labute approximate surface area is 189 Å². The summed E-state index contributed by atoms with van der Waals surface area (Å²) < 4.78 is 0. The highest BCUT2D eigenvalue weighted by molar-refractivity contribution is 6.12. The maximum atomic E-state index is 13.8. The van der Waals surface area contributed by atoms with Crippen LogP contribution in [0.1, 0.15) is 40.1 Å². The lowest BCUT2D eigenvalue weighted by molar-refractivity contribution is 0.0968. The SMILES string of the molecule is CCc1ccc([C@H]2N(Cc3ccccc3)c3ccccc3C(=O)N2c2ccccc2)cc1. The van der Waals surface area contributed by atoms with E-state index in [9.17, 15) is 4.79 Å². The van der Waals surface area contributed by atoms with Crippen LogP contribution in [0.4, 0.5) is 11.4 Å². The monoisotopic (exact) mass is 418 g/mol. The molecule has 0 saturated heterocycles. The molecule has 0 fully saturated rings. The minimum absolute atomic E-state index is 0.0284. The molecular formula is C29H26N2O. The number of rotatable bonds is 5. The van der Waals surface area contributed by atoms with Gasteiger partial charge in [-0.2, -0.15) is 0 Å². The van der Waals surface area contributed by atoms with E-state index in [1.807, 2.05) is 59.5 Å². The summed E-state index contributed by atoms with van der Waals surface area (Å²) in [6.45, 7) is 2.86. The molecule has 3 heteroatoms. The first kappa shape index (κ1) is 20.1. The first-order valence-corrected chi connectivity index (χ1v) is 11.1. The highest BCUT2D eigenvalue weighted by atomic mass is 16.2. The molecule has 0 radical (unpaired) electrons. The van der Waals surface area contributed by atoms with Crippen molar-refractivity contribution in [3.05, 3.63) is 131 Å². The second-order valence-electron chi connectivity index (χ2n) is 8.11. The van der Waals surface area contributed by atoms with Gasteiger partial charge < -0.3 is 4.90 Å². The number of benzene rings is 4. The molecule has 32 heavy (non-hydrogen) atoms. The molecule has 0 spiro atoms. The van der Waals surface area contributed by atoms with Gasteiger partial charge in [0.1, 0.15) is 6.17 Å². The largest absolute Gasteiger partial charge is 0.342 e. The molecule has 0 unspecified atom stereocenters. The van der Waals surface area contributed by atoms with Gasteiger partial charge in [-0.1, -0.05) is 91.9 Å².